The molecule has 0 saturated carbocycles. The summed E-state index contributed by atoms with van der Waals surface area (Å²) in [6, 6.07) is 9.10. The number of nitriles is 1. The summed E-state index contributed by atoms with van der Waals surface area (Å²) in [5.41, 5.74) is 1.16. The molecule has 3 rings (SSSR count). The Morgan fingerprint density at radius 2 is 2.08 bits per heavy atom. The van der Waals surface area contributed by atoms with Crippen LogP contribution in [0, 0.1) is 11.3 Å². The summed E-state index contributed by atoms with van der Waals surface area (Å²) in [4.78, 5) is 30.5. The number of hydrogen-bond acceptors (Lipinski definition) is 5. The third-order valence-electron chi connectivity index (χ3n) is 4.28. The summed E-state index contributed by atoms with van der Waals surface area (Å²) >= 11 is 0. The molecule has 6 heteroatoms. The third kappa shape index (κ3) is 3.46. The van der Waals surface area contributed by atoms with Crippen molar-refractivity contribution >= 4 is 22.8 Å². The van der Waals surface area contributed by atoms with Gasteiger partial charge in [-0.15, -0.1) is 0 Å². The van der Waals surface area contributed by atoms with Gasteiger partial charge in [0.15, 0.2) is 17.3 Å². The first kappa shape index (κ1) is 16.2. The van der Waals surface area contributed by atoms with E-state index in [9.17, 15) is 14.9 Å². The Hall–Kier alpha value is -2.68. The molecule has 1 atom stereocenters. The Balaban J connectivity index is 1.76. The van der Waals surface area contributed by atoms with Gasteiger partial charge in [0.05, 0.1) is 12.6 Å². The number of ketones is 1. The van der Waals surface area contributed by atoms with E-state index in [2.05, 4.69) is 4.98 Å². The summed E-state index contributed by atoms with van der Waals surface area (Å²) in [5, 5.41) is 9.40. The molecule has 1 fully saturated rings. The van der Waals surface area contributed by atoms with E-state index in [0.29, 0.717) is 24.1 Å². The van der Waals surface area contributed by atoms with Crippen LogP contribution in [0.4, 0.5) is 0 Å². The maximum atomic E-state index is 12.5. The molecule has 0 bridgehead atoms. The lowest BCUT2D eigenvalue weighted by molar-refractivity contribution is -0.136. The summed E-state index contributed by atoms with van der Waals surface area (Å²) in [5.74, 6) is -1.35. The van der Waals surface area contributed by atoms with Gasteiger partial charge in [-0.2, -0.15) is 5.26 Å². The van der Waals surface area contributed by atoms with Crippen LogP contribution in [-0.4, -0.2) is 34.7 Å². The number of rotatable bonds is 4. The lowest BCUT2D eigenvalue weighted by Gasteiger charge is -2.24. The number of hydrogen-bond donors (Lipinski definition) is 0. The first-order valence-electron chi connectivity index (χ1n) is 8.24. The van der Waals surface area contributed by atoms with Crippen LogP contribution in [0.2, 0.25) is 0 Å². The second-order valence-corrected chi connectivity index (χ2v) is 6.03. The highest BCUT2D eigenvalue weighted by molar-refractivity contribution is 5.92. The predicted molar refractivity (Wildman–Crippen MR) is 87.0 cm³/mol. The molecule has 1 amide bonds. The fraction of sp³-hybridized carbons (Fsp3) is 0.444. The molecule has 0 aliphatic carbocycles. The summed E-state index contributed by atoms with van der Waals surface area (Å²) in [6.07, 6.45) is 4.32. The Labute approximate surface area is 140 Å². The summed E-state index contributed by atoms with van der Waals surface area (Å²) < 4.78 is 5.55. The smallest absolute Gasteiger partial charge is 0.222 e. The number of Topliss-reactive ketones (excluding diaryl/α,β-unsaturated/α-hetero) is 1. The molecule has 0 spiro atoms. The molecule has 24 heavy (non-hydrogen) atoms. The molecule has 1 aromatic carbocycles. The molecule has 1 aliphatic rings. The number of aromatic nitrogens is 1. The molecule has 2 aromatic rings. The molecular weight excluding hydrogens is 306 g/mol. The predicted octanol–water partition coefficient (Wildman–Crippen LogP) is 2.80. The first-order chi connectivity index (χ1) is 11.7. The third-order valence-corrected chi connectivity index (χ3v) is 4.28. The van der Waals surface area contributed by atoms with Gasteiger partial charge < -0.3 is 9.32 Å². The van der Waals surface area contributed by atoms with Crippen molar-refractivity contribution in [1.29, 1.82) is 5.26 Å². The topological polar surface area (TPSA) is 87.2 Å². The van der Waals surface area contributed by atoms with E-state index in [4.69, 9.17) is 4.42 Å². The van der Waals surface area contributed by atoms with Gasteiger partial charge in [0, 0.05) is 13.0 Å². The molecule has 1 saturated heterocycles. The normalized spacial score (nSPS) is 17.1. The van der Waals surface area contributed by atoms with Gasteiger partial charge >= 0.3 is 0 Å². The Morgan fingerprint density at radius 3 is 2.88 bits per heavy atom. The van der Waals surface area contributed by atoms with Gasteiger partial charge in [0.2, 0.25) is 11.8 Å². The SMILES string of the molecule is N#C[C@H](C(=O)CN1CCCCCCC1=O)c1nc2ccccc2o1. The number of carbonyl (C=O) groups excluding carboxylic acids is 2. The van der Waals surface area contributed by atoms with Crippen LogP contribution < -0.4 is 0 Å². The standard InChI is InChI=1S/C18H19N3O3/c19-11-13(18-20-14-7-4-5-8-16(14)24-18)15(22)12-21-10-6-2-1-3-9-17(21)23/h4-5,7-8,13H,1-3,6,9-10,12H2/t13-/m1/s1. The lowest BCUT2D eigenvalue weighted by atomic mass is 10.0. The molecule has 1 aliphatic heterocycles. The van der Waals surface area contributed by atoms with Crippen molar-refractivity contribution in [3.63, 3.8) is 0 Å². The van der Waals surface area contributed by atoms with Crippen molar-refractivity contribution in [2.24, 2.45) is 0 Å². The average molecular weight is 325 g/mol. The molecule has 124 valence electrons. The van der Waals surface area contributed by atoms with Crippen molar-refractivity contribution in [1.82, 2.24) is 9.88 Å². The minimum Gasteiger partial charge on any atom is -0.439 e. The van der Waals surface area contributed by atoms with Gasteiger partial charge in [-0.3, -0.25) is 9.59 Å². The minimum atomic E-state index is -1.09. The van der Waals surface area contributed by atoms with Crippen LogP contribution in [0.25, 0.3) is 11.1 Å². The molecule has 6 nitrogen and oxygen atoms in total. The molecule has 1 aromatic heterocycles. The summed E-state index contributed by atoms with van der Waals surface area (Å²) in [7, 11) is 0. The lowest BCUT2D eigenvalue weighted by Crippen LogP contribution is -2.38. The van der Waals surface area contributed by atoms with Crippen molar-refractivity contribution in [2.45, 2.75) is 38.0 Å². The van der Waals surface area contributed by atoms with Crippen molar-refractivity contribution in [3.8, 4) is 6.07 Å². The van der Waals surface area contributed by atoms with Crippen LogP contribution in [0.5, 0.6) is 0 Å². The number of nitrogens with zero attached hydrogens (tertiary/aromatic N) is 3. The van der Waals surface area contributed by atoms with E-state index in [1.165, 1.54) is 0 Å². The van der Waals surface area contributed by atoms with E-state index in [0.717, 1.165) is 25.7 Å². The van der Waals surface area contributed by atoms with E-state index in [1.807, 2.05) is 12.1 Å². The maximum Gasteiger partial charge on any atom is 0.222 e. The molecule has 0 radical (unpaired) electrons. The number of benzene rings is 1. The van der Waals surface area contributed by atoms with Gasteiger partial charge in [-0.1, -0.05) is 25.0 Å². The largest absolute Gasteiger partial charge is 0.439 e. The van der Waals surface area contributed by atoms with Crippen LogP contribution in [0.15, 0.2) is 28.7 Å². The van der Waals surface area contributed by atoms with Crippen molar-refractivity contribution < 1.29 is 14.0 Å². The number of likely N-dealkylation sites (tertiary alicyclic amines) is 1. The van der Waals surface area contributed by atoms with Gasteiger partial charge in [0.25, 0.3) is 0 Å². The number of para-hydroxylation sites is 2. The zero-order valence-electron chi connectivity index (χ0n) is 13.4. The fourth-order valence-electron chi connectivity index (χ4n) is 2.94. The van der Waals surface area contributed by atoms with Crippen molar-refractivity contribution in [3.05, 3.63) is 30.2 Å². The van der Waals surface area contributed by atoms with E-state index >= 15 is 0 Å². The highest BCUT2D eigenvalue weighted by atomic mass is 16.3. The molecule has 2 heterocycles. The quantitative estimate of drug-likeness (QED) is 0.862. The van der Waals surface area contributed by atoms with Gasteiger partial charge in [-0.25, -0.2) is 4.98 Å². The average Bonchev–Trinajstić information content (AvgIpc) is 2.99. The molecular formula is C18H19N3O3. The zero-order chi connectivity index (χ0) is 16.9. The highest BCUT2D eigenvalue weighted by Crippen LogP contribution is 2.22. The second-order valence-electron chi connectivity index (χ2n) is 6.03. The van der Waals surface area contributed by atoms with Gasteiger partial charge in [0.1, 0.15) is 5.52 Å². The van der Waals surface area contributed by atoms with Crippen LogP contribution in [0.1, 0.15) is 43.9 Å². The van der Waals surface area contributed by atoms with E-state index in [-0.39, 0.29) is 24.1 Å². The van der Waals surface area contributed by atoms with Crippen LogP contribution in [0.3, 0.4) is 0 Å². The van der Waals surface area contributed by atoms with Crippen LogP contribution in [-0.2, 0) is 9.59 Å². The van der Waals surface area contributed by atoms with E-state index < -0.39 is 5.92 Å². The first-order valence-corrected chi connectivity index (χ1v) is 8.24. The van der Waals surface area contributed by atoms with E-state index in [1.54, 1.807) is 23.1 Å². The number of carbonyl (C=O) groups is 2. The Kier molecular flexibility index (Phi) is 4.90. The Bertz CT molecular complexity index is 757. The monoisotopic (exact) mass is 325 g/mol. The summed E-state index contributed by atoms with van der Waals surface area (Å²) in [6.45, 7) is 0.506. The minimum absolute atomic E-state index is 0.0164. The zero-order valence-corrected chi connectivity index (χ0v) is 13.4. The molecule has 0 unspecified atom stereocenters. The number of oxazole rings is 1. The highest BCUT2D eigenvalue weighted by Gasteiger charge is 2.29. The Morgan fingerprint density at radius 1 is 1.29 bits per heavy atom. The van der Waals surface area contributed by atoms with Crippen LogP contribution >= 0.6 is 0 Å². The fourth-order valence-corrected chi connectivity index (χ4v) is 2.94. The molecule has 0 N–H and O–H groups in total. The van der Waals surface area contributed by atoms with Gasteiger partial charge in [-0.05, 0) is 25.0 Å². The van der Waals surface area contributed by atoms with Crippen molar-refractivity contribution in [2.75, 3.05) is 13.1 Å². The maximum absolute atomic E-state index is 12.5. The second kappa shape index (κ2) is 7.26. The number of fused-ring (bicyclic) bond motifs is 1. The number of amides is 1.